The fraction of sp³-hybridized carbons (Fsp3) is 0.900. The molecule has 13 heavy (non-hydrogen) atoms. The number of hydrogen-bond acceptors (Lipinski definition) is 3. The second kappa shape index (κ2) is 5.22. The Morgan fingerprint density at radius 1 is 1.62 bits per heavy atom. The maximum absolute atomic E-state index is 11.2. The molecule has 1 saturated heterocycles. The standard InChI is InChI=1S/C10H19NO2/c1-3-5-10(12)13-9-6-4-7-11(2)8-9/h9H,3-8H2,1-2H3/t9-/m0/s1. The molecule has 0 aromatic rings. The molecule has 3 nitrogen and oxygen atoms in total. The average molecular weight is 185 g/mol. The Bertz CT molecular complexity index is 170. The van der Waals surface area contributed by atoms with Crippen molar-refractivity contribution in [3.8, 4) is 0 Å². The van der Waals surface area contributed by atoms with Gasteiger partial charge < -0.3 is 9.64 Å². The van der Waals surface area contributed by atoms with Gasteiger partial charge in [0.05, 0.1) is 0 Å². The van der Waals surface area contributed by atoms with Crippen molar-refractivity contribution >= 4 is 5.97 Å². The lowest BCUT2D eigenvalue weighted by Gasteiger charge is -2.29. The highest BCUT2D eigenvalue weighted by atomic mass is 16.5. The summed E-state index contributed by atoms with van der Waals surface area (Å²) >= 11 is 0. The minimum Gasteiger partial charge on any atom is -0.461 e. The van der Waals surface area contributed by atoms with Crippen molar-refractivity contribution in [3.63, 3.8) is 0 Å². The molecule has 0 spiro atoms. The predicted molar refractivity (Wildman–Crippen MR) is 51.5 cm³/mol. The molecule has 0 bridgehead atoms. The van der Waals surface area contributed by atoms with E-state index in [9.17, 15) is 4.79 Å². The maximum Gasteiger partial charge on any atom is 0.306 e. The molecule has 0 aromatic heterocycles. The molecule has 0 saturated carbocycles. The van der Waals surface area contributed by atoms with Gasteiger partial charge in [0.1, 0.15) is 6.10 Å². The Morgan fingerprint density at radius 3 is 3.00 bits per heavy atom. The van der Waals surface area contributed by atoms with Crippen LogP contribution in [0.5, 0.6) is 0 Å². The average Bonchev–Trinajstić information content (AvgIpc) is 2.04. The molecule has 1 aliphatic heterocycles. The van der Waals surface area contributed by atoms with Gasteiger partial charge in [0.25, 0.3) is 0 Å². The van der Waals surface area contributed by atoms with Gasteiger partial charge in [0.15, 0.2) is 0 Å². The van der Waals surface area contributed by atoms with Gasteiger partial charge in [-0.1, -0.05) is 6.92 Å². The number of nitrogens with zero attached hydrogens (tertiary/aromatic N) is 1. The lowest BCUT2D eigenvalue weighted by Crippen LogP contribution is -2.38. The van der Waals surface area contributed by atoms with Crippen LogP contribution in [0.15, 0.2) is 0 Å². The van der Waals surface area contributed by atoms with Gasteiger partial charge in [-0.3, -0.25) is 4.79 Å². The van der Waals surface area contributed by atoms with Crippen LogP contribution in [-0.2, 0) is 9.53 Å². The molecule has 1 rings (SSSR count). The number of carbonyl (C=O) groups is 1. The highest BCUT2D eigenvalue weighted by molar-refractivity contribution is 5.69. The van der Waals surface area contributed by atoms with E-state index in [1.807, 2.05) is 6.92 Å². The van der Waals surface area contributed by atoms with Gasteiger partial charge in [0, 0.05) is 13.0 Å². The summed E-state index contributed by atoms with van der Waals surface area (Å²) in [7, 11) is 2.07. The summed E-state index contributed by atoms with van der Waals surface area (Å²) < 4.78 is 5.32. The number of piperidine rings is 1. The van der Waals surface area contributed by atoms with E-state index in [-0.39, 0.29) is 12.1 Å². The summed E-state index contributed by atoms with van der Waals surface area (Å²) in [6.45, 7) is 4.02. The van der Waals surface area contributed by atoms with Crippen LogP contribution in [0.2, 0.25) is 0 Å². The fourth-order valence-electron chi connectivity index (χ4n) is 1.66. The monoisotopic (exact) mass is 185 g/mol. The lowest BCUT2D eigenvalue weighted by molar-refractivity contribution is -0.151. The molecule has 0 unspecified atom stereocenters. The van der Waals surface area contributed by atoms with Crippen LogP contribution in [0.1, 0.15) is 32.6 Å². The molecule has 1 aliphatic rings. The van der Waals surface area contributed by atoms with Gasteiger partial charge in [-0.2, -0.15) is 0 Å². The van der Waals surface area contributed by atoms with Crippen molar-refractivity contribution in [2.24, 2.45) is 0 Å². The van der Waals surface area contributed by atoms with E-state index in [1.165, 1.54) is 0 Å². The Hall–Kier alpha value is -0.570. The van der Waals surface area contributed by atoms with Crippen molar-refractivity contribution in [2.45, 2.75) is 38.7 Å². The molecular weight excluding hydrogens is 166 g/mol. The molecule has 3 heteroatoms. The Labute approximate surface area is 80.1 Å². The second-order valence-corrected chi connectivity index (χ2v) is 3.77. The molecule has 0 amide bonds. The summed E-state index contributed by atoms with van der Waals surface area (Å²) in [6.07, 6.45) is 3.74. The number of likely N-dealkylation sites (N-methyl/N-ethyl adjacent to an activating group) is 1. The van der Waals surface area contributed by atoms with Gasteiger partial charge in [0.2, 0.25) is 0 Å². The molecule has 1 atom stereocenters. The minimum absolute atomic E-state index is 0.0391. The summed E-state index contributed by atoms with van der Waals surface area (Å²) in [6, 6.07) is 0. The summed E-state index contributed by atoms with van der Waals surface area (Å²) in [5, 5.41) is 0. The first-order chi connectivity index (χ1) is 6.22. The third kappa shape index (κ3) is 3.77. The first-order valence-electron chi connectivity index (χ1n) is 5.10. The van der Waals surface area contributed by atoms with Crippen LogP contribution >= 0.6 is 0 Å². The number of hydrogen-bond donors (Lipinski definition) is 0. The number of rotatable bonds is 3. The Balaban J connectivity index is 2.23. The number of esters is 1. The molecule has 0 radical (unpaired) electrons. The van der Waals surface area contributed by atoms with E-state index in [0.29, 0.717) is 6.42 Å². The first-order valence-corrected chi connectivity index (χ1v) is 5.10. The summed E-state index contributed by atoms with van der Waals surface area (Å²) in [4.78, 5) is 13.4. The summed E-state index contributed by atoms with van der Waals surface area (Å²) in [5.41, 5.74) is 0. The van der Waals surface area contributed by atoms with Crippen LogP contribution < -0.4 is 0 Å². The highest BCUT2D eigenvalue weighted by Gasteiger charge is 2.19. The zero-order valence-electron chi connectivity index (χ0n) is 8.58. The Morgan fingerprint density at radius 2 is 2.38 bits per heavy atom. The van der Waals surface area contributed by atoms with Crippen LogP contribution in [0.3, 0.4) is 0 Å². The third-order valence-corrected chi connectivity index (χ3v) is 2.33. The van der Waals surface area contributed by atoms with Crippen molar-refractivity contribution in [1.29, 1.82) is 0 Å². The zero-order chi connectivity index (χ0) is 9.68. The van der Waals surface area contributed by atoms with E-state index in [2.05, 4.69) is 11.9 Å². The Kier molecular flexibility index (Phi) is 4.22. The molecule has 0 aliphatic carbocycles. The van der Waals surface area contributed by atoms with E-state index >= 15 is 0 Å². The first kappa shape index (κ1) is 10.5. The third-order valence-electron chi connectivity index (χ3n) is 2.33. The van der Waals surface area contributed by atoms with Crippen LogP contribution in [-0.4, -0.2) is 37.1 Å². The molecule has 76 valence electrons. The number of ether oxygens (including phenoxy) is 1. The van der Waals surface area contributed by atoms with Gasteiger partial charge in [-0.15, -0.1) is 0 Å². The van der Waals surface area contributed by atoms with Crippen LogP contribution in [0.25, 0.3) is 0 Å². The van der Waals surface area contributed by atoms with E-state index in [4.69, 9.17) is 4.74 Å². The number of likely N-dealkylation sites (tertiary alicyclic amines) is 1. The topological polar surface area (TPSA) is 29.5 Å². The lowest BCUT2D eigenvalue weighted by atomic mass is 10.1. The fourth-order valence-corrected chi connectivity index (χ4v) is 1.66. The molecule has 0 aromatic carbocycles. The summed E-state index contributed by atoms with van der Waals surface area (Å²) in [5.74, 6) is -0.0391. The quantitative estimate of drug-likeness (QED) is 0.623. The van der Waals surface area contributed by atoms with E-state index in [1.54, 1.807) is 0 Å². The highest BCUT2D eigenvalue weighted by Crippen LogP contribution is 2.12. The minimum atomic E-state index is -0.0391. The SMILES string of the molecule is CCCC(=O)O[C@H]1CCCN(C)C1. The van der Waals surface area contributed by atoms with E-state index < -0.39 is 0 Å². The molecular formula is C10H19NO2. The van der Waals surface area contributed by atoms with Crippen LogP contribution in [0, 0.1) is 0 Å². The van der Waals surface area contributed by atoms with Crippen molar-refractivity contribution in [3.05, 3.63) is 0 Å². The smallest absolute Gasteiger partial charge is 0.306 e. The van der Waals surface area contributed by atoms with Crippen molar-refractivity contribution in [1.82, 2.24) is 4.90 Å². The molecule has 1 fully saturated rings. The molecule has 1 heterocycles. The number of carbonyl (C=O) groups excluding carboxylic acids is 1. The molecule has 0 N–H and O–H groups in total. The van der Waals surface area contributed by atoms with Crippen molar-refractivity contribution in [2.75, 3.05) is 20.1 Å². The van der Waals surface area contributed by atoms with Gasteiger partial charge >= 0.3 is 5.97 Å². The maximum atomic E-state index is 11.2. The van der Waals surface area contributed by atoms with Crippen molar-refractivity contribution < 1.29 is 9.53 Å². The van der Waals surface area contributed by atoms with E-state index in [0.717, 1.165) is 32.4 Å². The predicted octanol–water partition coefficient (Wildman–Crippen LogP) is 1.42. The zero-order valence-corrected chi connectivity index (χ0v) is 8.58. The van der Waals surface area contributed by atoms with Crippen LogP contribution in [0.4, 0.5) is 0 Å². The normalized spacial score (nSPS) is 24.3. The van der Waals surface area contributed by atoms with Gasteiger partial charge in [-0.05, 0) is 32.9 Å². The second-order valence-electron chi connectivity index (χ2n) is 3.77. The van der Waals surface area contributed by atoms with Gasteiger partial charge in [-0.25, -0.2) is 0 Å². The largest absolute Gasteiger partial charge is 0.461 e.